The molecule has 1 amide bonds. The van der Waals surface area contributed by atoms with Crippen molar-refractivity contribution in [1.29, 1.82) is 0 Å². The number of alkyl halides is 3. The number of esters is 2. The smallest absolute Gasteiger partial charge is 0.434 e. The minimum Gasteiger partial charge on any atom is -0.465 e. The number of nitrogens with one attached hydrogen (secondary N) is 1. The number of benzene rings is 1. The molecule has 7 nitrogen and oxygen atoms in total. The summed E-state index contributed by atoms with van der Waals surface area (Å²) in [5.74, 6) is -2.70. The maximum Gasteiger partial charge on any atom is 0.434 e. The fourth-order valence-electron chi connectivity index (χ4n) is 1.97. The molecule has 1 heterocycles. The number of halogens is 3. The number of rotatable bonds is 4. The standard InChI is InChI=1S/C15H11F3N2O5S/c1-24-13(22)7-3-8(14(23)25-2)5-9(4-7)20-12(21)10-11(15(16,17)18)19-6-26-10/h3-6H,1-2H3,(H,20,21). The molecule has 1 aromatic heterocycles. The SMILES string of the molecule is COC(=O)c1cc(NC(=O)c2scnc2C(F)(F)F)cc(C(=O)OC)c1. The fourth-order valence-corrected chi connectivity index (χ4v) is 2.67. The number of methoxy groups -OCH3 is 2. The van der Waals surface area contributed by atoms with E-state index in [-0.39, 0.29) is 16.8 Å². The highest BCUT2D eigenvalue weighted by Crippen LogP contribution is 2.33. The van der Waals surface area contributed by atoms with Gasteiger partial charge in [0.1, 0.15) is 4.88 Å². The Kier molecular flexibility index (Phi) is 5.60. The number of aromatic nitrogens is 1. The predicted octanol–water partition coefficient (Wildman–Crippen LogP) is 2.99. The summed E-state index contributed by atoms with van der Waals surface area (Å²) in [7, 11) is 2.22. The zero-order valence-electron chi connectivity index (χ0n) is 13.3. The van der Waals surface area contributed by atoms with Crippen LogP contribution in [0.15, 0.2) is 23.7 Å². The van der Waals surface area contributed by atoms with Gasteiger partial charge in [0.2, 0.25) is 0 Å². The number of ether oxygens (including phenoxy) is 2. The van der Waals surface area contributed by atoms with Crippen molar-refractivity contribution in [3.05, 3.63) is 45.4 Å². The maximum absolute atomic E-state index is 12.9. The molecule has 0 saturated carbocycles. The Hall–Kier alpha value is -2.95. The quantitative estimate of drug-likeness (QED) is 0.810. The summed E-state index contributed by atoms with van der Waals surface area (Å²) < 4.78 is 47.6. The minimum absolute atomic E-state index is 0.0835. The van der Waals surface area contributed by atoms with E-state index in [1.807, 2.05) is 0 Å². The zero-order valence-corrected chi connectivity index (χ0v) is 14.2. The van der Waals surface area contributed by atoms with Gasteiger partial charge in [-0.3, -0.25) is 4.79 Å². The number of thiazole rings is 1. The molecule has 0 radical (unpaired) electrons. The predicted molar refractivity (Wildman–Crippen MR) is 84.2 cm³/mol. The van der Waals surface area contributed by atoms with Gasteiger partial charge in [-0.25, -0.2) is 14.6 Å². The van der Waals surface area contributed by atoms with Crippen LogP contribution in [0.3, 0.4) is 0 Å². The second-order valence-corrected chi connectivity index (χ2v) is 5.62. The summed E-state index contributed by atoms with van der Waals surface area (Å²) >= 11 is 0.507. The molecule has 26 heavy (non-hydrogen) atoms. The van der Waals surface area contributed by atoms with Crippen molar-refractivity contribution in [3.8, 4) is 0 Å². The molecule has 1 aromatic carbocycles. The van der Waals surface area contributed by atoms with E-state index >= 15 is 0 Å². The molecule has 2 rings (SSSR count). The summed E-state index contributed by atoms with van der Waals surface area (Å²) in [6.45, 7) is 0. The number of hydrogen-bond donors (Lipinski definition) is 1. The molecular formula is C15H11F3N2O5S. The summed E-state index contributed by atoms with van der Waals surface area (Å²) in [5.41, 5.74) is -0.697. The number of anilines is 1. The highest BCUT2D eigenvalue weighted by molar-refractivity contribution is 7.12. The first-order chi connectivity index (χ1) is 12.2. The number of nitrogens with zero attached hydrogens (tertiary/aromatic N) is 1. The van der Waals surface area contributed by atoms with Crippen LogP contribution in [0.4, 0.5) is 18.9 Å². The van der Waals surface area contributed by atoms with Crippen molar-refractivity contribution in [2.45, 2.75) is 6.18 Å². The van der Waals surface area contributed by atoms with E-state index in [4.69, 9.17) is 0 Å². The van der Waals surface area contributed by atoms with Gasteiger partial charge in [-0.15, -0.1) is 11.3 Å². The van der Waals surface area contributed by atoms with Crippen molar-refractivity contribution in [2.75, 3.05) is 19.5 Å². The Labute approximate surface area is 148 Å². The molecule has 1 N–H and O–H groups in total. The van der Waals surface area contributed by atoms with E-state index in [0.29, 0.717) is 11.3 Å². The zero-order chi connectivity index (χ0) is 19.5. The van der Waals surface area contributed by atoms with E-state index in [0.717, 1.165) is 31.9 Å². The number of amides is 1. The van der Waals surface area contributed by atoms with Gasteiger partial charge in [-0.2, -0.15) is 13.2 Å². The van der Waals surface area contributed by atoms with E-state index in [9.17, 15) is 27.6 Å². The fraction of sp³-hybridized carbons (Fsp3) is 0.200. The average molecular weight is 388 g/mol. The lowest BCUT2D eigenvalue weighted by Gasteiger charge is -2.10. The number of carbonyl (C=O) groups excluding carboxylic acids is 3. The Morgan fingerprint density at radius 3 is 2.04 bits per heavy atom. The van der Waals surface area contributed by atoms with Gasteiger partial charge in [0.15, 0.2) is 5.69 Å². The van der Waals surface area contributed by atoms with E-state index in [2.05, 4.69) is 19.8 Å². The Morgan fingerprint density at radius 2 is 1.58 bits per heavy atom. The van der Waals surface area contributed by atoms with Crippen LogP contribution in [0.25, 0.3) is 0 Å². The van der Waals surface area contributed by atoms with Crippen molar-refractivity contribution < 1.29 is 37.0 Å². The van der Waals surface area contributed by atoms with E-state index in [1.165, 1.54) is 6.07 Å². The highest BCUT2D eigenvalue weighted by atomic mass is 32.1. The van der Waals surface area contributed by atoms with Crippen LogP contribution in [-0.4, -0.2) is 37.0 Å². The van der Waals surface area contributed by atoms with Crippen LogP contribution in [0.1, 0.15) is 36.1 Å². The van der Waals surface area contributed by atoms with Crippen LogP contribution in [0.2, 0.25) is 0 Å². The Balaban J connectivity index is 2.39. The van der Waals surface area contributed by atoms with Crippen LogP contribution in [0, 0.1) is 0 Å². The van der Waals surface area contributed by atoms with Crippen LogP contribution in [-0.2, 0) is 15.7 Å². The lowest BCUT2D eigenvalue weighted by atomic mass is 10.1. The molecule has 0 spiro atoms. The molecule has 0 fully saturated rings. The van der Waals surface area contributed by atoms with Crippen LogP contribution in [0.5, 0.6) is 0 Å². The molecule has 0 aliphatic rings. The van der Waals surface area contributed by atoms with Crippen molar-refractivity contribution in [1.82, 2.24) is 4.98 Å². The topological polar surface area (TPSA) is 94.6 Å². The van der Waals surface area contributed by atoms with Gasteiger partial charge in [0.25, 0.3) is 5.91 Å². The number of carbonyl (C=O) groups is 3. The summed E-state index contributed by atoms with van der Waals surface area (Å²) in [5, 5.41) is 2.21. The van der Waals surface area contributed by atoms with Crippen molar-refractivity contribution in [2.24, 2.45) is 0 Å². The lowest BCUT2D eigenvalue weighted by molar-refractivity contribution is -0.141. The van der Waals surface area contributed by atoms with Crippen molar-refractivity contribution in [3.63, 3.8) is 0 Å². The third-order valence-corrected chi connectivity index (χ3v) is 3.90. The van der Waals surface area contributed by atoms with Gasteiger partial charge in [0, 0.05) is 5.69 Å². The first kappa shape index (κ1) is 19.4. The molecule has 0 bridgehead atoms. The first-order valence-electron chi connectivity index (χ1n) is 6.81. The van der Waals surface area contributed by atoms with E-state index in [1.54, 1.807) is 0 Å². The minimum atomic E-state index is -4.79. The molecule has 138 valence electrons. The summed E-state index contributed by atoms with van der Waals surface area (Å²) in [6.07, 6.45) is -4.79. The van der Waals surface area contributed by atoms with Crippen LogP contribution >= 0.6 is 11.3 Å². The normalized spacial score (nSPS) is 11.0. The van der Waals surface area contributed by atoms with Gasteiger partial charge in [-0.1, -0.05) is 0 Å². The highest BCUT2D eigenvalue weighted by Gasteiger charge is 2.38. The largest absolute Gasteiger partial charge is 0.465 e. The molecular weight excluding hydrogens is 377 g/mol. The molecule has 0 aliphatic heterocycles. The molecule has 0 aliphatic carbocycles. The second kappa shape index (κ2) is 7.52. The third-order valence-electron chi connectivity index (χ3n) is 3.08. The van der Waals surface area contributed by atoms with Gasteiger partial charge < -0.3 is 14.8 Å². The third kappa shape index (κ3) is 4.17. The monoisotopic (exact) mass is 388 g/mol. The maximum atomic E-state index is 12.9. The second-order valence-electron chi connectivity index (χ2n) is 4.76. The molecule has 0 atom stereocenters. The first-order valence-corrected chi connectivity index (χ1v) is 7.69. The Bertz CT molecular complexity index is 829. The van der Waals surface area contributed by atoms with Gasteiger partial charge in [-0.05, 0) is 18.2 Å². The van der Waals surface area contributed by atoms with Gasteiger partial charge >= 0.3 is 18.1 Å². The summed E-state index contributed by atoms with van der Waals surface area (Å²) in [6, 6.07) is 3.48. The molecule has 11 heteroatoms. The Morgan fingerprint density at radius 1 is 1.04 bits per heavy atom. The molecule has 0 unspecified atom stereocenters. The summed E-state index contributed by atoms with van der Waals surface area (Å²) in [4.78, 5) is 38.0. The number of hydrogen-bond acceptors (Lipinski definition) is 7. The van der Waals surface area contributed by atoms with Crippen LogP contribution < -0.4 is 5.32 Å². The van der Waals surface area contributed by atoms with Gasteiger partial charge in [0.05, 0.1) is 30.9 Å². The molecule has 0 saturated heterocycles. The van der Waals surface area contributed by atoms with Crippen molar-refractivity contribution >= 4 is 34.9 Å². The lowest BCUT2D eigenvalue weighted by Crippen LogP contribution is -2.18. The average Bonchev–Trinajstić information content (AvgIpc) is 3.10. The molecule has 2 aromatic rings. The van der Waals surface area contributed by atoms with E-state index < -0.39 is 34.6 Å².